The largest absolute Gasteiger partial charge is 0.494 e. The lowest BCUT2D eigenvalue weighted by molar-refractivity contribution is 0.112. The number of hydrogen-bond acceptors (Lipinski definition) is 2. The molecule has 2 aromatic carbocycles. The molecular formula is C17H18O2. The highest BCUT2D eigenvalue weighted by Gasteiger charge is 2.00. The lowest BCUT2D eigenvalue weighted by Gasteiger charge is -2.06. The molecule has 0 aliphatic carbocycles. The van der Waals surface area contributed by atoms with Crippen LogP contribution in [0.3, 0.4) is 0 Å². The van der Waals surface area contributed by atoms with Crippen LogP contribution in [0.25, 0.3) is 0 Å². The van der Waals surface area contributed by atoms with Gasteiger partial charge < -0.3 is 4.74 Å². The van der Waals surface area contributed by atoms with Crippen LogP contribution in [0.15, 0.2) is 54.6 Å². The Morgan fingerprint density at radius 3 is 2.42 bits per heavy atom. The molecule has 0 spiro atoms. The lowest BCUT2D eigenvalue weighted by Crippen LogP contribution is -1.99. The maximum atomic E-state index is 10.9. The second kappa shape index (κ2) is 7.37. The number of rotatable bonds is 7. The number of benzene rings is 2. The van der Waals surface area contributed by atoms with Crippen molar-refractivity contribution in [3.63, 3.8) is 0 Å². The fourth-order valence-electron chi connectivity index (χ4n) is 2.00. The van der Waals surface area contributed by atoms with Crippen molar-refractivity contribution in [2.24, 2.45) is 0 Å². The van der Waals surface area contributed by atoms with Gasteiger partial charge in [-0.15, -0.1) is 0 Å². The van der Waals surface area contributed by atoms with Crippen molar-refractivity contribution >= 4 is 6.29 Å². The van der Waals surface area contributed by atoms with Crippen molar-refractivity contribution < 1.29 is 9.53 Å². The van der Waals surface area contributed by atoms with E-state index >= 15 is 0 Å². The van der Waals surface area contributed by atoms with Crippen molar-refractivity contribution in [3.8, 4) is 5.75 Å². The van der Waals surface area contributed by atoms with Gasteiger partial charge in [-0.25, -0.2) is 0 Å². The highest BCUT2D eigenvalue weighted by Crippen LogP contribution is 2.12. The Hall–Kier alpha value is -2.09. The summed E-state index contributed by atoms with van der Waals surface area (Å²) in [7, 11) is 0. The first kappa shape index (κ1) is 13.3. The van der Waals surface area contributed by atoms with Crippen LogP contribution >= 0.6 is 0 Å². The van der Waals surface area contributed by atoms with Crippen LogP contribution in [0.2, 0.25) is 0 Å². The predicted octanol–water partition coefficient (Wildman–Crippen LogP) is 3.90. The quantitative estimate of drug-likeness (QED) is 0.553. The molecule has 0 N–H and O–H groups in total. The van der Waals surface area contributed by atoms with Gasteiger partial charge in [-0.05, 0) is 37.0 Å². The molecule has 0 heterocycles. The van der Waals surface area contributed by atoms with Crippen molar-refractivity contribution in [1.29, 1.82) is 0 Å². The highest BCUT2D eigenvalue weighted by atomic mass is 16.5. The molecule has 2 heteroatoms. The number of unbranched alkanes of at least 4 members (excludes halogenated alkanes) is 1. The van der Waals surface area contributed by atoms with E-state index in [0.29, 0.717) is 6.61 Å². The fourth-order valence-corrected chi connectivity index (χ4v) is 2.00. The molecule has 2 aromatic rings. The van der Waals surface area contributed by atoms with Gasteiger partial charge in [-0.1, -0.05) is 42.5 Å². The Kier molecular flexibility index (Phi) is 5.17. The normalized spacial score (nSPS) is 10.1. The Bertz CT molecular complexity index is 506. The van der Waals surface area contributed by atoms with Gasteiger partial charge in [0.1, 0.15) is 12.0 Å². The van der Waals surface area contributed by atoms with Crippen molar-refractivity contribution in [2.45, 2.75) is 19.3 Å². The van der Waals surface area contributed by atoms with Crippen LogP contribution in [0.1, 0.15) is 28.8 Å². The van der Waals surface area contributed by atoms with Crippen LogP contribution in [-0.2, 0) is 6.42 Å². The number of para-hydroxylation sites is 1. The van der Waals surface area contributed by atoms with Gasteiger partial charge in [0, 0.05) is 5.56 Å². The molecule has 98 valence electrons. The molecule has 0 radical (unpaired) electrons. The maximum absolute atomic E-state index is 10.9. The summed E-state index contributed by atoms with van der Waals surface area (Å²) in [6.07, 6.45) is 3.86. The number of aryl methyl sites for hydroxylation is 1. The monoisotopic (exact) mass is 254 g/mol. The zero-order valence-corrected chi connectivity index (χ0v) is 10.9. The second-order valence-electron chi connectivity index (χ2n) is 4.44. The van der Waals surface area contributed by atoms with Crippen LogP contribution < -0.4 is 4.74 Å². The molecule has 0 aromatic heterocycles. The Morgan fingerprint density at radius 1 is 0.895 bits per heavy atom. The molecule has 2 rings (SSSR count). The SMILES string of the molecule is O=Cc1ccccc1CCCCOc1ccccc1. The molecule has 0 aliphatic rings. The molecule has 0 atom stereocenters. The number of hydrogen-bond donors (Lipinski definition) is 0. The van der Waals surface area contributed by atoms with Crippen molar-refractivity contribution in [3.05, 3.63) is 65.7 Å². The van der Waals surface area contributed by atoms with E-state index in [1.165, 1.54) is 0 Å². The fraction of sp³-hybridized carbons (Fsp3) is 0.235. The number of carbonyl (C=O) groups is 1. The summed E-state index contributed by atoms with van der Waals surface area (Å²) < 4.78 is 5.63. The molecule has 0 aliphatic heterocycles. The third-order valence-electron chi connectivity index (χ3n) is 3.03. The average Bonchev–Trinajstić information content (AvgIpc) is 2.48. The van der Waals surface area contributed by atoms with Crippen molar-refractivity contribution in [2.75, 3.05) is 6.61 Å². The van der Waals surface area contributed by atoms with Gasteiger partial charge in [-0.3, -0.25) is 4.79 Å². The molecule has 0 unspecified atom stereocenters. The van der Waals surface area contributed by atoms with Gasteiger partial charge in [0.25, 0.3) is 0 Å². The van der Waals surface area contributed by atoms with E-state index in [1.54, 1.807) is 0 Å². The van der Waals surface area contributed by atoms with E-state index in [1.807, 2.05) is 54.6 Å². The number of aldehydes is 1. The molecule has 0 amide bonds. The summed E-state index contributed by atoms with van der Waals surface area (Å²) in [5.74, 6) is 0.913. The Morgan fingerprint density at radius 2 is 1.63 bits per heavy atom. The summed E-state index contributed by atoms with van der Waals surface area (Å²) in [5.41, 5.74) is 1.92. The Labute approximate surface area is 114 Å². The van der Waals surface area contributed by atoms with Gasteiger partial charge in [0.2, 0.25) is 0 Å². The first-order valence-corrected chi connectivity index (χ1v) is 6.61. The average molecular weight is 254 g/mol. The highest BCUT2D eigenvalue weighted by molar-refractivity contribution is 5.77. The molecule has 0 saturated carbocycles. The summed E-state index contributed by atoms with van der Waals surface area (Å²) in [6, 6.07) is 17.6. The lowest BCUT2D eigenvalue weighted by atomic mass is 10.0. The summed E-state index contributed by atoms with van der Waals surface area (Å²) in [5, 5.41) is 0. The predicted molar refractivity (Wildman–Crippen MR) is 76.7 cm³/mol. The number of ether oxygens (including phenoxy) is 1. The zero-order valence-electron chi connectivity index (χ0n) is 10.9. The summed E-state index contributed by atoms with van der Waals surface area (Å²) in [6.45, 7) is 0.716. The first-order valence-electron chi connectivity index (χ1n) is 6.61. The van der Waals surface area contributed by atoms with Crippen LogP contribution in [0, 0.1) is 0 Å². The first-order chi connectivity index (χ1) is 9.40. The molecule has 0 bridgehead atoms. The third kappa shape index (κ3) is 4.25. The van der Waals surface area contributed by atoms with Crippen molar-refractivity contribution in [1.82, 2.24) is 0 Å². The standard InChI is InChI=1S/C17H18O2/c18-14-16-10-5-4-8-15(16)9-6-7-13-19-17-11-2-1-3-12-17/h1-5,8,10-12,14H,6-7,9,13H2. The second-order valence-corrected chi connectivity index (χ2v) is 4.44. The topological polar surface area (TPSA) is 26.3 Å². The van der Waals surface area contributed by atoms with E-state index in [9.17, 15) is 4.79 Å². The molecule has 0 saturated heterocycles. The summed E-state index contributed by atoms with van der Waals surface area (Å²) >= 11 is 0. The van der Waals surface area contributed by atoms with Gasteiger partial charge in [0.05, 0.1) is 6.61 Å². The molecule has 0 fully saturated rings. The molecule has 19 heavy (non-hydrogen) atoms. The van der Waals surface area contributed by atoms with Gasteiger partial charge >= 0.3 is 0 Å². The van der Waals surface area contributed by atoms with Crippen LogP contribution in [0.4, 0.5) is 0 Å². The minimum Gasteiger partial charge on any atom is -0.494 e. The third-order valence-corrected chi connectivity index (χ3v) is 3.03. The summed E-state index contributed by atoms with van der Waals surface area (Å²) in [4.78, 5) is 10.9. The minimum absolute atomic E-state index is 0.716. The smallest absolute Gasteiger partial charge is 0.150 e. The van der Waals surface area contributed by atoms with E-state index in [4.69, 9.17) is 4.74 Å². The minimum atomic E-state index is 0.716. The Balaban J connectivity index is 1.71. The van der Waals surface area contributed by atoms with Crippen LogP contribution in [0.5, 0.6) is 5.75 Å². The molecular weight excluding hydrogens is 236 g/mol. The number of carbonyl (C=O) groups excluding carboxylic acids is 1. The maximum Gasteiger partial charge on any atom is 0.150 e. The van der Waals surface area contributed by atoms with Gasteiger partial charge in [-0.2, -0.15) is 0 Å². The zero-order chi connectivity index (χ0) is 13.3. The van der Waals surface area contributed by atoms with Gasteiger partial charge in [0.15, 0.2) is 0 Å². The van der Waals surface area contributed by atoms with Crippen LogP contribution in [-0.4, -0.2) is 12.9 Å². The van der Waals surface area contributed by atoms with E-state index < -0.39 is 0 Å². The van der Waals surface area contributed by atoms with E-state index in [2.05, 4.69) is 0 Å². The molecule has 2 nitrogen and oxygen atoms in total. The van der Waals surface area contributed by atoms with E-state index in [0.717, 1.165) is 42.4 Å². The van der Waals surface area contributed by atoms with E-state index in [-0.39, 0.29) is 0 Å².